The SMILES string of the molecule is O=c1c2sc3ccccc3c2[nH]c(=S)n1C1CC[NH+](Cc2ccccc2)CC1. The van der Waals surface area contributed by atoms with Gasteiger partial charge in [-0.2, -0.15) is 0 Å². The third kappa shape index (κ3) is 3.11. The first-order valence-corrected chi connectivity index (χ1v) is 11.0. The normalized spacial score (nSPS) is 20.0. The standard InChI is InChI=1S/C22H21N3OS2/c26-21-20-19(17-8-4-5-9-18(17)28-20)23-22(27)25(21)16-10-12-24(13-11-16)14-15-6-2-1-3-7-15/h1-9,16H,10-14H2,(H,23,27)/p+1. The van der Waals surface area contributed by atoms with Crippen molar-refractivity contribution in [3.63, 3.8) is 0 Å². The molecule has 1 aliphatic rings. The molecule has 1 saturated heterocycles. The number of rotatable bonds is 3. The molecule has 2 N–H and O–H groups in total. The molecule has 6 heteroatoms. The fourth-order valence-electron chi connectivity index (χ4n) is 4.35. The fraction of sp³-hybridized carbons (Fsp3) is 0.273. The number of likely N-dealkylation sites (tertiary alicyclic amines) is 1. The maximum Gasteiger partial charge on any atom is 0.272 e. The van der Waals surface area contributed by atoms with Gasteiger partial charge in [-0.1, -0.05) is 48.5 Å². The number of fused-ring (bicyclic) bond motifs is 3. The number of hydrogen-bond donors (Lipinski definition) is 2. The average Bonchev–Trinajstić information content (AvgIpc) is 3.09. The third-order valence-corrected chi connectivity index (χ3v) is 7.24. The molecule has 0 unspecified atom stereocenters. The van der Waals surface area contributed by atoms with Crippen LogP contribution in [0.2, 0.25) is 0 Å². The first-order chi connectivity index (χ1) is 13.7. The largest absolute Gasteiger partial charge is 0.331 e. The zero-order valence-electron chi connectivity index (χ0n) is 15.5. The van der Waals surface area contributed by atoms with Crippen LogP contribution in [0.3, 0.4) is 0 Å². The molecule has 1 aliphatic heterocycles. The second-order valence-corrected chi connectivity index (χ2v) is 8.99. The lowest BCUT2D eigenvalue weighted by molar-refractivity contribution is -0.919. The van der Waals surface area contributed by atoms with Crippen molar-refractivity contribution in [2.24, 2.45) is 0 Å². The minimum Gasteiger partial charge on any atom is -0.331 e. The van der Waals surface area contributed by atoms with Crippen LogP contribution in [0.5, 0.6) is 0 Å². The van der Waals surface area contributed by atoms with Gasteiger partial charge in [0.05, 0.1) is 24.6 Å². The van der Waals surface area contributed by atoms with Crippen LogP contribution in [0.25, 0.3) is 20.3 Å². The summed E-state index contributed by atoms with van der Waals surface area (Å²) in [5.74, 6) is 0. The van der Waals surface area contributed by atoms with E-state index < -0.39 is 0 Å². The Balaban J connectivity index is 1.43. The number of aromatic nitrogens is 2. The lowest BCUT2D eigenvalue weighted by atomic mass is 10.0. The topological polar surface area (TPSA) is 42.2 Å². The van der Waals surface area contributed by atoms with E-state index in [9.17, 15) is 4.79 Å². The third-order valence-electron chi connectivity index (χ3n) is 5.78. The molecule has 5 rings (SSSR count). The van der Waals surface area contributed by atoms with Gasteiger partial charge in [0.2, 0.25) is 0 Å². The highest BCUT2D eigenvalue weighted by Crippen LogP contribution is 2.30. The van der Waals surface area contributed by atoms with Crippen LogP contribution in [0.15, 0.2) is 59.4 Å². The van der Waals surface area contributed by atoms with E-state index in [-0.39, 0.29) is 11.6 Å². The predicted octanol–water partition coefficient (Wildman–Crippen LogP) is 3.69. The van der Waals surface area contributed by atoms with Crippen molar-refractivity contribution in [3.05, 3.63) is 75.3 Å². The van der Waals surface area contributed by atoms with Gasteiger partial charge in [-0.25, -0.2) is 0 Å². The van der Waals surface area contributed by atoms with Crippen molar-refractivity contribution in [1.29, 1.82) is 0 Å². The van der Waals surface area contributed by atoms with E-state index in [0.29, 0.717) is 4.77 Å². The number of nitrogens with zero attached hydrogens (tertiary/aromatic N) is 1. The monoisotopic (exact) mass is 408 g/mol. The summed E-state index contributed by atoms with van der Waals surface area (Å²) in [5.41, 5.74) is 2.33. The number of H-pyrrole nitrogens is 1. The van der Waals surface area contributed by atoms with E-state index in [1.165, 1.54) is 5.56 Å². The van der Waals surface area contributed by atoms with Crippen LogP contribution >= 0.6 is 23.6 Å². The van der Waals surface area contributed by atoms with E-state index in [1.807, 2.05) is 16.7 Å². The van der Waals surface area contributed by atoms with Gasteiger partial charge in [0.1, 0.15) is 11.2 Å². The van der Waals surface area contributed by atoms with Crippen molar-refractivity contribution in [2.45, 2.75) is 25.4 Å². The molecule has 4 aromatic rings. The number of hydrogen-bond acceptors (Lipinski definition) is 3. The highest BCUT2D eigenvalue weighted by molar-refractivity contribution is 7.71. The van der Waals surface area contributed by atoms with Crippen LogP contribution in [0, 0.1) is 4.77 Å². The van der Waals surface area contributed by atoms with Gasteiger partial charge in [-0.15, -0.1) is 11.3 Å². The Morgan fingerprint density at radius 3 is 2.57 bits per heavy atom. The number of piperidine rings is 1. The van der Waals surface area contributed by atoms with Crippen molar-refractivity contribution < 1.29 is 4.90 Å². The van der Waals surface area contributed by atoms with Crippen LogP contribution in [-0.2, 0) is 6.54 Å². The minimum absolute atomic E-state index is 0.0662. The second-order valence-electron chi connectivity index (χ2n) is 7.55. The summed E-state index contributed by atoms with van der Waals surface area (Å²) in [6.07, 6.45) is 1.96. The zero-order valence-corrected chi connectivity index (χ0v) is 17.1. The summed E-state index contributed by atoms with van der Waals surface area (Å²) in [7, 11) is 0. The average molecular weight is 409 g/mol. The quantitative estimate of drug-likeness (QED) is 0.508. The highest BCUT2D eigenvalue weighted by atomic mass is 32.1. The lowest BCUT2D eigenvalue weighted by Gasteiger charge is -2.30. The molecule has 4 nitrogen and oxygen atoms in total. The Kier molecular flexibility index (Phi) is 4.62. The van der Waals surface area contributed by atoms with E-state index in [2.05, 4.69) is 47.4 Å². The molecule has 28 heavy (non-hydrogen) atoms. The molecule has 0 bridgehead atoms. The Bertz CT molecular complexity index is 1250. The first kappa shape index (κ1) is 17.8. The van der Waals surface area contributed by atoms with Gasteiger partial charge in [0.15, 0.2) is 4.77 Å². The van der Waals surface area contributed by atoms with Crippen LogP contribution in [0.4, 0.5) is 0 Å². The highest BCUT2D eigenvalue weighted by Gasteiger charge is 2.26. The zero-order chi connectivity index (χ0) is 19.1. The molecule has 2 aromatic heterocycles. The van der Waals surface area contributed by atoms with Gasteiger partial charge < -0.3 is 9.88 Å². The predicted molar refractivity (Wildman–Crippen MR) is 118 cm³/mol. The van der Waals surface area contributed by atoms with Crippen LogP contribution in [0.1, 0.15) is 24.4 Å². The van der Waals surface area contributed by atoms with E-state index >= 15 is 0 Å². The van der Waals surface area contributed by atoms with Gasteiger partial charge in [-0.3, -0.25) is 9.36 Å². The maximum atomic E-state index is 13.3. The van der Waals surface area contributed by atoms with E-state index in [0.717, 1.165) is 52.8 Å². The van der Waals surface area contributed by atoms with E-state index in [4.69, 9.17) is 12.2 Å². The Labute approximate surface area is 172 Å². The second kappa shape index (κ2) is 7.28. The van der Waals surface area contributed by atoms with Crippen molar-refractivity contribution in [3.8, 4) is 0 Å². The number of nitrogens with one attached hydrogen (secondary N) is 2. The summed E-state index contributed by atoms with van der Waals surface area (Å²) in [4.78, 5) is 18.2. The molecule has 2 aromatic carbocycles. The summed E-state index contributed by atoms with van der Waals surface area (Å²) >= 11 is 7.18. The number of benzene rings is 2. The molecular formula is C22H22N3OS2+. The van der Waals surface area contributed by atoms with Crippen LogP contribution < -0.4 is 10.5 Å². The molecule has 3 heterocycles. The molecule has 0 radical (unpaired) electrons. The number of aromatic amines is 1. The van der Waals surface area contributed by atoms with Gasteiger partial charge in [0, 0.05) is 28.5 Å². The molecule has 1 fully saturated rings. The van der Waals surface area contributed by atoms with Gasteiger partial charge in [0.25, 0.3) is 5.56 Å². The number of thiophene rings is 1. The summed E-state index contributed by atoms with van der Waals surface area (Å²) in [6, 6.07) is 18.9. The van der Waals surface area contributed by atoms with E-state index in [1.54, 1.807) is 16.2 Å². The fourth-order valence-corrected chi connectivity index (χ4v) is 5.78. The van der Waals surface area contributed by atoms with Crippen molar-refractivity contribution in [1.82, 2.24) is 9.55 Å². The van der Waals surface area contributed by atoms with Crippen molar-refractivity contribution >= 4 is 43.9 Å². The molecule has 0 amide bonds. The number of quaternary nitrogens is 1. The van der Waals surface area contributed by atoms with Gasteiger partial charge >= 0.3 is 0 Å². The molecule has 0 saturated carbocycles. The minimum atomic E-state index is 0.0662. The Morgan fingerprint density at radius 1 is 1.07 bits per heavy atom. The Hall–Kier alpha value is -2.28. The molecule has 142 valence electrons. The lowest BCUT2D eigenvalue weighted by Crippen LogP contribution is -3.11. The summed E-state index contributed by atoms with van der Waals surface area (Å²) in [5, 5.41) is 1.08. The first-order valence-electron chi connectivity index (χ1n) is 9.74. The molecule has 0 aliphatic carbocycles. The molecule has 0 spiro atoms. The summed E-state index contributed by atoms with van der Waals surface area (Å²) < 4.78 is 4.30. The Morgan fingerprint density at radius 2 is 1.79 bits per heavy atom. The molecular weight excluding hydrogens is 386 g/mol. The smallest absolute Gasteiger partial charge is 0.272 e. The van der Waals surface area contributed by atoms with Crippen LogP contribution in [-0.4, -0.2) is 22.6 Å². The summed E-state index contributed by atoms with van der Waals surface area (Å²) in [6.45, 7) is 3.17. The van der Waals surface area contributed by atoms with Crippen molar-refractivity contribution in [2.75, 3.05) is 13.1 Å². The maximum absolute atomic E-state index is 13.3. The van der Waals surface area contributed by atoms with Gasteiger partial charge in [-0.05, 0) is 18.3 Å². The molecule has 0 atom stereocenters.